The maximum Gasteiger partial charge on any atom is 0.168 e. The van der Waals surface area contributed by atoms with E-state index in [1.807, 2.05) is 0 Å². The van der Waals surface area contributed by atoms with E-state index in [4.69, 9.17) is 4.74 Å². The van der Waals surface area contributed by atoms with Crippen molar-refractivity contribution in [1.82, 2.24) is 4.90 Å². The molecule has 5 rings (SSSR count). The van der Waals surface area contributed by atoms with Gasteiger partial charge in [0, 0.05) is 18.9 Å². The number of aliphatic hydroxyl groups is 2. The van der Waals surface area contributed by atoms with Crippen molar-refractivity contribution in [1.29, 1.82) is 0 Å². The van der Waals surface area contributed by atoms with E-state index in [0.717, 1.165) is 56.9 Å². The summed E-state index contributed by atoms with van der Waals surface area (Å²) in [5.41, 5.74) is 2.12. The van der Waals surface area contributed by atoms with Crippen LogP contribution in [-0.2, 0) is 4.74 Å². The van der Waals surface area contributed by atoms with E-state index in [9.17, 15) is 10.2 Å². The van der Waals surface area contributed by atoms with Gasteiger partial charge < -0.3 is 19.8 Å². The predicted molar refractivity (Wildman–Crippen MR) is 133 cm³/mol. The third-order valence-electron chi connectivity index (χ3n) is 11.4. The zero-order valence-electron chi connectivity index (χ0n) is 22.0. The molecule has 0 amide bonds. The van der Waals surface area contributed by atoms with Crippen LogP contribution in [0.4, 0.5) is 0 Å². The fraction of sp³-hybridized carbons (Fsp3) is 0.931. The number of fused-ring (bicyclic) bond motifs is 7. The average Bonchev–Trinajstić information content (AvgIpc) is 3.17. The Labute approximate surface area is 202 Å². The second kappa shape index (κ2) is 8.32. The van der Waals surface area contributed by atoms with E-state index < -0.39 is 5.79 Å². The normalized spacial score (nSPS) is 52.0. The monoisotopic (exact) mass is 459 g/mol. The fourth-order valence-electron chi connectivity index (χ4n) is 9.79. The van der Waals surface area contributed by atoms with Crippen LogP contribution in [0.2, 0.25) is 0 Å². The van der Waals surface area contributed by atoms with Gasteiger partial charge in [0.2, 0.25) is 0 Å². The first-order chi connectivity index (χ1) is 15.5. The summed E-state index contributed by atoms with van der Waals surface area (Å²) in [5, 5.41) is 21.9. The third-order valence-corrected chi connectivity index (χ3v) is 11.4. The molecule has 11 atom stereocenters. The summed E-state index contributed by atoms with van der Waals surface area (Å²) in [7, 11) is 4.25. The molecule has 4 heteroatoms. The van der Waals surface area contributed by atoms with Gasteiger partial charge in [0.15, 0.2) is 5.79 Å². The molecule has 0 aromatic rings. The third kappa shape index (κ3) is 3.77. The summed E-state index contributed by atoms with van der Waals surface area (Å²) in [5.74, 6) is 2.49. The number of ether oxygens (including phenoxy) is 1. The molecule has 188 valence electrons. The highest BCUT2D eigenvalue weighted by molar-refractivity contribution is 5.26. The zero-order valence-corrected chi connectivity index (χ0v) is 22.0. The van der Waals surface area contributed by atoms with Gasteiger partial charge in [0.1, 0.15) is 0 Å². The first-order valence-electron chi connectivity index (χ1n) is 13.9. The predicted octanol–water partition coefficient (Wildman–Crippen LogP) is 5.24. The lowest BCUT2D eigenvalue weighted by atomic mass is 9.47. The summed E-state index contributed by atoms with van der Waals surface area (Å²) in [6.45, 7) is 10.7. The Balaban J connectivity index is 1.32. The van der Waals surface area contributed by atoms with E-state index in [1.165, 1.54) is 19.3 Å². The van der Waals surface area contributed by atoms with Crippen LogP contribution in [0.5, 0.6) is 0 Å². The van der Waals surface area contributed by atoms with Gasteiger partial charge in [-0.1, -0.05) is 39.3 Å². The minimum Gasteiger partial charge on any atom is -0.393 e. The van der Waals surface area contributed by atoms with E-state index in [0.29, 0.717) is 17.8 Å². The van der Waals surface area contributed by atoms with Gasteiger partial charge in [0.05, 0.1) is 12.2 Å². The van der Waals surface area contributed by atoms with Crippen LogP contribution in [0.25, 0.3) is 0 Å². The van der Waals surface area contributed by atoms with Crippen LogP contribution in [0, 0.1) is 46.3 Å². The van der Waals surface area contributed by atoms with Crippen molar-refractivity contribution >= 4 is 0 Å². The van der Waals surface area contributed by atoms with Gasteiger partial charge in [-0.25, -0.2) is 0 Å². The molecule has 4 nitrogen and oxygen atoms in total. The molecule has 0 radical (unpaired) electrons. The standard InChI is InChI=1S/C29H49NO3/c1-18(17-30(5)6)9-14-29(32)19(2)26-25(33-29)16-24-22-8-7-20-15-21(31)10-12-27(20,3)23(22)11-13-28(24,26)4/h7,18-19,21-26,31-32H,8-17H2,1-6H3/t18-,19+,21+,22-,23+,24+,25+,26+,27+,28+,29?/m1/s1. The Morgan fingerprint density at radius 3 is 2.67 bits per heavy atom. The van der Waals surface area contributed by atoms with Gasteiger partial charge in [-0.2, -0.15) is 0 Å². The van der Waals surface area contributed by atoms with Crippen LogP contribution in [0.15, 0.2) is 11.6 Å². The molecule has 0 spiro atoms. The van der Waals surface area contributed by atoms with Crippen molar-refractivity contribution in [2.24, 2.45) is 46.3 Å². The summed E-state index contributed by atoms with van der Waals surface area (Å²) in [6.07, 6.45) is 12.3. The Hall–Kier alpha value is -0.420. The van der Waals surface area contributed by atoms with Crippen LogP contribution in [-0.4, -0.2) is 53.7 Å². The van der Waals surface area contributed by atoms with E-state index in [1.54, 1.807) is 5.57 Å². The van der Waals surface area contributed by atoms with E-state index in [2.05, 4.69) is 52.8 Å². The van der Waals surface area contributed by atoms with Crippen molar-refractivity contribution in [3.63, 3.8) is 0 Å². The number of hydrogen-bond donors (Lipinski definition) is 2. The van der Waals surface area contributed by atoms with Crippen LogP contribution >= 0.6 is 0 Å². The highest BCUT2D eigenvalue weighted by Crippen LogP contribution is 2.70. The smallest absolute Gasteiger partial charge is 0.168 e. The quantitative estimate of drug-likeness (QED) is 0.552. The molecule has 3 saturated carbocycles. The lowest BCUT2D eigenvalue weighted by Gasteiger charge is -2.58. The highest BCUT2D eigenvalue weighted by atomic mass is 16.6. The molecule has 0 aromatic heterocycles. The molecular formula is C29H49NO3. The SMILES string of the molecule is C[C@H](CCC1(O)O[C@H]2C[C@H]3[C@@H]4CC=C5C[C@@H](O)CC[C@]5(C)[C@H]4CC[C@]3(C)[C@H]2[C@@H]1C)CN(C)C. The Kier molecular flexibility index (Phi) is 6.12. The van der Waals surface area contributed by atoms with Gasteiger partial charge in [-0.15, -0.1) is 0 Å². The summed E-state index contributed by atoms with van der Waals surface area (Å²) < 4.78 is 6.62. The van der Waals surface area contributed by atoms with Crippen molar-refractivity contribution < 1.29 is 14.9 Å². The van der Waals surface area contributed by atoms with Crippen molar-refractivity contribution in [2.45, 2.75) is 103 Å². The minimum absolute atomic E-state index is 0.132. The van der Waals surface area contributed by atoms with Gasteiger partial charge in [-0.05, 0) is 106 Å². The topological polar surface area (TPSA) is 52.9 Å². The highest BCUT2D eigenvalue weighted by Gasteiger charge is 2.67. The summed E-state index contributed by atoms with van der Waals surface area (Å²) >= 11 is 0. The molecule has 4 aliphatic carbocycles. The van der Waals surface area contributed by atoms with E-state index in [-0.39, 0.29) is 29.0 Å². The zero-order chi connectivity index (χ0) is 23.8. The molecule has 0 aromatic carbocycles. The lowest BCUT2D eigenvalue weighted by molar-refractivity contribution is -0.220. The number of hydrogen-bond acceptors (Lipinski definition) is 4. The van der Waals surface area contributed by atoms with Gasteiger partial charge >= 0.3 is 0 Å². The molecular weight excluding hydrogens is 410 g/mol. The average molecular weight is 460 g/mol. The Morgan fingerprint density at radius 2 is 1.94 bits per heavy atom. The van der Waals surface area contributed by atoms with Gasteiger partial charge in [-0.3, -0.25) is 0 Å². The molecule has 1 heterocycles. The van der Waals surface area contributed by atoms with Gasteiger partial charge in [0.25, 0.3) is 0 Å². The summed E-state index contributed by atoms with van der Waals surface area (Å²) in [6, 6.07) is 0. The second-order valence-electron chi connectivity index (χ2n) is 13.7. The molecule has 0 bridgehead atoms. The largest absolute Gasteiger partial charge is 0.393 e. The maximum absolute atomic E-state index is 11.6. The molecule has 5 aliphatic rings. The van der Waals surface area contributed by atoms with Crippen LogP contribution < -0.4 is 0 Å². The Bertz CT molecular complexity index is 781. The molecule has 33 heavy (non-hydrogen) atoms. The molecule has 1 aliphatic heterocycles. The van der Waals surface area contributed by atoms with Crippen molar-refractivity contribution in [3.05, 3.63) is 11.6 Å². The minimum atomic E-state index is -0.953. The lowest BCUT2D eigenvalue weighted by Crippen LogP contribution is -2.51. The van der Waals surface area contributed by atoms with Crippen molar-refractivity contribution in [3.8, 4) is 0 Å². The molecule has 1 unspecified atom stereocenters. The second-order valence-corrected chi connectivity index (χ2v) is 13.7. The molecule has 2 N–H and O–H groups in total. The number of aliphatic hydroxyl groups excluding tert-OH is 1. The van der Waals surface area contributed by atoms with E-state index >= 15 is 0 Å². The van der Waals surface area contributed by atoms with Crippen LogP contribution in [0.1, 0.15) is 85.5 Å². The Morgan fingerprint density at radius 1 is 1.18 bits per heavy atom. The number of nitrogens with zero attached hydrogens (tertiary/aromatic N) is 1. The molecule has 4 fully saturated rings. The molecule has 1 saturated heterocycles. The first kappa shape index (κ1) is 24.3. The van der Waals surface area contributed by atoms with Crippen molar-refractivity contribution in [2.75, 3.05) is 20.6 Å². The maximum atomic E-state index is 11.6. The van der Waals surface area contributed by atoms with Crippen LogP contribution in [0.3, 0.4) is 0 Å². The first-order valence-corrected chi connectivity index (χ1v) is 13.9. The number of rotatable bonds is 5. The fourth-order valence-corrected chi connectivity index (χ4v) is 9.79. The summed E-state index contributed by atoms with van der Waals surface area (Å²) in [4.78, 5) is 2.24. The number of allylic oxidation sites excluding steroid dienone is 1.